The van der Waals surface area contributed by atoms with Gasteiger partial charge in [-0.15, -0.1) is 0 Å². The summed E-state index contributed by atoms with van der Waals surface area (Å²) in [5, 5.41) is 13.3. The maximum absolute atomic E-state index is 10.0. The Balaban J connectivity index is 1.40. The summed E-state index contributed by atoms with van der Waals surface area (Å²) in [5.41, 5.74) is 3.38. The quantitative estimate of drug-likeness (QED) is 0.663. The zero-order valence-electron chi connectivity index (χ0n) is 14.3. The number of nitrogens with one attached hydrogen (secondary N) is 1. The zero-order valence-corrected chi connectivity index (χ0v) is 14.3. The number of aromatic nitrogens is 2. The lowest BCUT2D eigenvalue weighted by atomic mass is 10.2. The second-order valence-corrected chi connectivity index (χ2v) is 6.05. The van der Waals surface area contributed by atoms with Crippen molar-refractivity contribution in [2.45, 2.75) is 19.6 Å². The highest BCUT2D eigenvalue weighted by molar-refractivity contribution is 5.34. The topological polar surface area (TPSA) is 59.3 Å². The normalized spacial score (nSPS) is 12.1. The van der Waals surface area contributed by atoms with Crippen molar-refractivity contribution in [1.82, 2.24) is 14.9 Å². The van der Waals surface area contributed by atoms with Crippen molar-refractivity contribution >= 4 is 0 Å². The molecule has 0 saturated heterocycles. The van der Waals surface area contributed by atoms with E-state index in [-0.39, 0.29) is 6.61 Å². The van der Waals surface area contributed by atoms with Crippen LogP contribution in [-0.2, 0) is 6.54 Å². The summed E-state index contributed by atoms with van der Waals surface area (Å²) >= 11 is 0. The minimum atomic E-state index is -0.550. The van der Waals surface area contributed by atoms with Crippen LogP contribution in [-0.4, -0.2) is 33.9 Å². The number of benzene rings is 2. The van der Waals surface area contributed by atoms with Crippen molar-refractivity contribution in [3.63, 3.8) is 0 Å². The first kappa shape index (κ1) is 17.2. The van der Waals surface area contributed by atoms with Gasteiger partial charge in [0.25, 0.3) is 0 Å². The van der Waals surface area contributed by atoms with Gasteiger partial charge < -0.3 is 19.7 Å². The van der Waals surface area contributed by atoms with E-state index >= 15 is 0 Å². The molecule has 0 aliphatic heterocycles. The van der Waals surface area contributed by atoms with E-state index in [1.54, 1.807) is 12.5 Å². The van der Waals surface area contributed by atoms with Crippen LogP contribution in [0.3, 0.4) is 0 Å². The number of imidazole rings is 1. The third-order valence-corrected chi connectivity index (χ3v) is 3.88. The molecule has 25 heavy (non-hydrogen) atoms. The van der Waals surface area contributed by atoms with Gasteiger partial charge in [-0.2, -0.15) is 0 Å². The van der Waals surface area contributed by atoms with Crippen LogP contribution in [0.25, 0.3) is 5.69 Å². The van der Waals surface area contributed by atoms with E-state index in [0.717, 1.165) is 22.6 Å². The largest absolute Gasteiger partial charge is 0.491 e. The third-order valence-electron chi connectivity index (χ3n) is 3.88. The van der Waals surface area contributed by atoms with Crippen LogP contribution < -0.4 is 10.1 Å². The van der Waals surface area contributed by atoms with Gasteiger partial charge in [-0.1, -0.05) is 24.3 Å². The first-order valence-corrected chi connectivity index (χ1v) is 8.36. The van der Waals surface area contributed by atoms with Crippen LogP contribution >= 0.6 is 0 Å². The predicted molar refractivity (Wildman–Crippen MR) is 98.0 cm³/mol. The lowest BCUT2D eigenvalue weighted by molar-refractivity contribution is 0.106. The average Bonchev–Trinajstić information content (AvgIpc) is 3.15. The highest BCUT2D eigenvalue weighted by Gasteiger charge is 2.05. The summed E-state index contributed by atoms with van der Waals surface area (Å²) < 4.78 is 7.57. The molecule has 0 amide bonds. The molecule has 3 aromatic rings. The molecule has 2 N–H and O–H groups in total. The molecule has 0 fully saturated rings. The van der Waals surface area contributed by atoms with Gasteiger partial charge in [0, 0.05) is 31.2 Å². The summed E-state index contributed by atoms with van der Waals surface area (Å²) in [6, 6.07) is 16.1. The summed E-state index contributed by atoms with van der Waals surface area (Å²) in [5.74, 6) is 0.786. The van der Waals surface area contributed by atoms with Crippen molar-refractivity contribution in [1.29, 1.82) is 0 Å². The Morgan fingerprint density at radius 2 is 2.04 bits per heavy atom. The number of hydrogen-bond acceptors (Lipinski definition) is 4. The molecule has 0 bridgehead atoms. The summed E-state index contributed by atoms with van der Waals surface area (Å²) in [6.07, 6.45) is 4.90. The highest BCUT2D eigenvalue weighted by atomic mass is 16.5. The fraction of sp³-hybridized carbons (Fsp3) is 0.250. The average molecular weight is 337 g/mol. The van der Waals surface area contributed by atoms with Gasteiger partial charge in [0.2, 0.25) is 0 Å². The van der Waals surface area contributed by atoms with Crippen molar-refractivity contribution in [3.8, 4) is 11.4 Å². The Labute approximate surface area is 147 Å². The minimum Gasteiger partial charge on any atom is -0.491 e. The van der Waals surface area contributed by atoms with Gasteiger partial charge in [0.1, 0.15) is 18.5 Å². The number of rotatable bonds is 8. The Bertz CT molecular complexity index is 770. The minimum absolute atomic E-state index is 0.274. The second kappa shape index (κ2) is 8.46. The Hall–Kier alpha value is -2.63. The van der Waals surface area contributed by atoms with Crippen molar-refractivity contribution in [2.24, 2.45) is 0 Å². The maximum atomic E-state index is 10.0. The molecule has 1 heterocycles. The Morgan fingerprint density at radius 1 is 1.20 bits per heavy atom. The van der Waals surface area contributed by atoms with E-state index in [1.165, 1.54) is 0 Å². The van der Waals surface area contributed by atoms with Crippen LogP contribution in [0.2, 0.25) is 0 Å². The number of nitrogens with zero attached hydrogens (tertiary/aromatic N) is 2. The molecule has 0 aliphatic carbocycles. The van der Waals surface area contributed by atoms with Crippen LogP contribution in [0.4, 0.5) is 0 Å². The molecule has 1 unspecified atom stereocenters. The molecular formula is C20H23N3O2. The van der Waals surface area contributed by atoms with Gasteiger partial charge in [-0.3, -0.25) is 0 Å². The van der Waals surface area contributed by atoms with E-state index in [1.807, 2.05) is 42.0 Å². The van der Waals surface area contributed by atoms with Crippen LogP contribution in [0.5, 0.6) is 5.75 Å². The van der Waals surface area contributed by atoms with Gasteiger partial charge in [0.15, 0.2) is 0 Å². The SMILES string of the molecule is Cc1cccc(OCC(O)CNCc2ccc(-n3ccnc3)cc2)c1. The van der Waals surface area contributed by atoms with Crippen LogP contribution in [0, 0.1) is 6.92 Å². The standard InChI is InChI=1S/C20H23N3O2/c1-16-3-2-4-20(11-16)25-14-19(24)13-22-12-17-5-7-18(8-6-17)23-10-9-21-15-23/h2-11,15,19,22,24H,12-14H2,1H3. The molecule has 5 nitrogen and oxygen atoms in total. The predicted octanol–water partition coefficient (Wildman–Crippen LogP) is 2.71. The molecule has 0 aliphatic rings. The van der Waals surface area contributed by atoms with Gasteiger partial charge in [-0.05, 0) is 42.3 Å². The van der Waals surface area contributed by atoms with Crippen molar-refractivity contribution in [3.05, 3.63) is 78.4 Å². The highest BCUT2D eigenvalue weighted by Crippen LogP contribution is 2.12. The van der Waals surface area contributed by atoms with E-state index in [2.05, 4.69) is 34.6 Å². The summed E-state index contributed by atoms with van der Waals surface area (Å²) in [7, 11) is 0. The van der Waals surface area contributed by atoms with Crippen molar-refractivity contribution < 1.29 is 9.84 Å². The zero-order chi connectivity index (χ0) is 17.5. The molecule has 0 radical (unpaired) electrons. The monoisotopic (exact) mass is 337 g/mol. The number of hydrogen-bond donors (Lipinski definition) is 2. The molecule has 130 valence electrons. The second-order valence-electron chi connectivity index (χ2n) is 6.05. The lowest BCUT2D eigenvalue weighted by Gasteiger charge is -2.14. The van der Waals surface area contributed by atoms with E-state index in [0.29, 0.717) is 13.1 Å². The van der Waals surface area contributed by atoms with Gasteiger partial charge in [0.05, 0.1) is 6.33 Å². The number of aliphatic hydroxyl groups is 1. The lowest BCUT2D eigenvalue weighted by Crippen LogP contribution is -2.31. The molecule has 3 rings (SSSR count). The van der Waals surface area contributed by atoms with E-state index in [4.69, 9.17) is 4.74 Å². The van der Waals surface area contributed by atoms with E-state index < -0.39 is 6.10 Å². The smallest absolute Gasteiger partial charge is 0.119 e. The molecule has 5 heteroatoms. The maximum Gasteiger partial charge on any atom is 0.119 e. The molecule has 0 saturated carbocycles. The van der Waals surface area contributed by atoms with Crippen LogP contribution in [0.1, 0.15) is 11.1 Å². The number of aryl methyl sites for hydroxylation is 1. The van der Waals surface area contributed by atoms with Crippen molar-refractivity contribution in [2.75, 3.05) is 13.2 Å². The Kier molecular flexibility index (Phi) is 5.82. The van der Waals surface area contributed by atoms with Crippen LogP contribution in [0.15, 0.2) is 67.3 Å². The first-order chi connectivity index (χ1) is 12.2. The fourth-order valence-electron chi connectivity index (χ4n) is 2.54. The number of ether oxygens (including phenoxy) is 1. The third kappa shape index (κ3) is 5.17. The Morgan fingerprint density at radius 3 is 2.76 bits per heavy atom. The van der Waals surface area contributed by atoms with Gasteiger partial charge in [-0.25, -0.2) is 4.98 Å². The molecule has 1 atom stereocenters. The van der Waals surface area contributed by atoms with Gasteiger partial charge >= 0.3 is 0 Å². The number of aliphatic hydroxyl groups excluding tert-OH is 1. The summed E-state index contributed by atoms with van der Waals surface area (Å²) in [6.45, 7) is 3.47. The molecule has 0 spiro atoms. The molecular weight excluding hydrogens is 314 g/mol. The molecule has 2 aromatic carbocycles. The summed E-state index contributed by atoms with van der Waals surface area (Å²) in [4.78, 5) is 4.05. The van der Waals surface area contributed by atoms with E-state index in [9.17, 15) is 5.11 Å². The first-order valence-electron chi connectivity index (χ1n) is 8.36. The molecule has 1 aromatic heterocycles. The fourth-order valence-corrected chi connectivity index (χ4v) is 2.54.